The molecule has 2 amide bonds. The summed E-state index contributed by atoms with van der Waals surface area (Å²) < 4.78 is 0. The first-order valence-electron chi connectivity index (χ1n) is 6.93. The van der Waals surface area contributed by atoms with Gasteiger partial charge in [-0.25, -0.2) is 0 Å². The van der Waals surface area contributed by atoms with Crippen LogP contribution >= 0.6 is 11.6 Å². The molecule has 0 aliphatic carbocycles. The van der Waals surface area contributed by atoms with E-state index in [0.29, 0.717) is 11.6 Å². The topological polar surface area (TPSA) is 49.4 Å². The average Bonchev–Trinajstić information content (AvgIpc) is 2.65. The normalized spacial score (nSPS) is 17.2. The van der Waals surface area contributed by atoms with Crippen LogP contribution in [0.1, 0.15) is 44.7 Å². The van der Waals surface area contributed by atoms with Crippen LogP contribution in [0.4, 0.5) is 5.69 Å². The largest absolute Gasteiger partial charge is 0.341 e. The van der Waals surface area contributed by atoms with Crippen molar-refractivity contribution in [2.45, 2.75) is 39.2 Å². The fourth-order valence-corrected chi connectivity index (χ4v) is 2.82. The number of carbonyl (C=O) groups is 2. The van der Waals surface area contributed by atoms with E-state index in [1.165, 1.54) is 6.92 Å². The molecule has 1 aliphatic heterocycles. The Bertz CT molecular complexity index is 531. The number of amides is 2. The van der Waals surface area contributed by atoms with Crippen LogP contribution in [0.25, 0.3) is 0 Å². The second kappa shape index (κ2) is 6.27. The van der Waals surface area contributed by atoms with E-state index in [4.69, 9.17) is 11.6 Å². The zero-order chi connectivity index (χ0) is 14.7. The van der Waals surface area contributed by atoms with E-state index in [2.05, 4.69) is 12.2 Å². The van der Waals surface area contributed by atoms with Gasteiger partial charge < -0.3 is 10.2 Å². The molecule has 0 bridgehead atoms. The molecule has 0 radical (unpaired) electrons. The number of nitrogens with zero attached hydrogens (tertiary/aromatic N) is 1. The number of unbranched alkanes of at least 4 members (excludes halogenated alkanes) is 2. The van der Waals surface area contributed by atoms with E-state index in [0.717, 1.165) is 30.5 Å². The molecule has 1 aromatic carbocycles. The second-order valence-corrected chi connectivity index (χ2v) is 5.42. The number of halogens is 1. The first-order valence-corrected chi connectivity index (χ1v) is 7.31. The highest BCUT2D eigenvalue weighted by molar-refractivity contribution is 6.34. The van der Waals surface area contributed by atoms with E-state index >= 15 is 0 Å². The molecule has 0 spiro atoms. The maximum absolute atomic E-state index is 12.5. The zero-order valence-electron chi connectivity index (χ0n) is 11.8. The maximum Gasteiger partial charge on any atom is 0.254 e. The lowest BCUT2D eigenvalue weighted by atomic mass is 10.1. The first kappa shape index (κ1) is 14.9. The molecule has 1 aliphatic rings. The summed E-state index contributed by atoms with van der Waals surface area (Å²) in [5.41, 5.74) is 1.53. The van der Waals surface area contributed by atoms with Gasteiger partial charge in [-0.2, -0.15) is 0 Å². The summed E-state index contributed by atoms with van der Waals surface area (Å²) in [5.74, 6) is -0.316. The predicted molar refractivity (Wildman–Crippen MR) is 79.9 cm³/mol. The Kier molecular flexibility index (Phi) is 4.65. The standard InChI is InChI=1S/C15H19ClN2O2/c1-3-4-5-9-18-14-11(7-6-8-12(14)16)13(15(18)20)17-10(2)19/h6-8,13H,3-5,9H2,1-2H3,(H,17,19)/t13-/m0/s1. The number of benzene rings is 1. The number of hydrogen-bond donors (Lipinski definition) is 1. The molecule has 0 unspecified atom stereocenters. The summed E-state index contributed by atoms with van der Waals surface area (Å²) in [7, 11) is 0. The van der Waals surface area contributed by atoms with Crippen molar-refractivity contribution in [3.63, 3.8) is 0 Å². The van der Waals surface area contributed by atoms with E-state index in [-0.39, 0.29) is 11.8 Å². The number of fused-ring (bicyclic) bond motifs is 1. The van der Waals surface area contributed by atoms with E-state index in [9.17, 15) is 9.59 Å². The SMILES string of the molecule is CCCCCN1C(=O)[C@@H](NC(C)=O)c2cccc(Cl)c21. The third kappa shape index (κ3) is 2.80. The monoisotopic (exact) mass is 294 g/mol. The summed E-state index contributed by atoms with van der Waals surface area (Å²) in [6.07, 6.45) is 3.08. The Labute approximate surface area is 124 Å². The molecule has 20 heavy (non-hydrogen) atoms. The Morgan fingerprint density at radius 1 is 1.40 bits per heavy atom. The minimum absolute atomic E-state index is 0.0978. The van der Waals surface area contributed by atoms with Gasteiger partial charge in [-0.15, -0.1) is 0 Å². The second-order valence-electron chi connectivity index (χ2n) is 5.01. The van der Waals surface area contributed by atoms with Gasteiger partial charge in [-0.1, -0.05) is 43.5 Å². The average molecular weight is 295 g/mol. The number of rotatable bonds is 5. The van der Waals surface area contributed by atoms with Crippen molar-refractivity contribution < 1.29 is 9.59 Å². The van der Waals surface area contributed by atoms with Crippen molar-refractivity contribution in [1.82, 2.24) is 5.32 Å². The number of carbonyl (C=O) groups excluding carboxylic acids is 2. The quantitative estimate of drug-likeness (QED) is 0.849. The first-order chi connectivity index (χ1) is 9.56. The minimum Gasteiger partial charge on any atom is -0.341 e. The van der Waals surface area contributed by atoms with Gasteiger partial charge in [0.25, 0.3) is 5.91 Å². The van der Waals surface area contributed by atoms with Crippen molar-refractivity contribution in [3.8, 4) is 0 Å². The van der Waals surface area contributed by atoms with Gasteiger partial charge in [0.05, 0.1) is 10.7 Å². The van der Waals surface area contributed by atoms with Gasteiger partial charge >= 0.3 is 0 Å². The van der Waals surface area contributed by atoms with Crippen molar-refractivity contribution in [3.05, 3.63) is 28.8 Å². The molecular weight excluding hydrogens is 276 g/mol. The van der Waals surface area contributed by atoms with Crippen molar-refractivity contribution in [1.29, 1.82) is 0 Å². The maximum atomic E-state index is 12.5. The minimum atomic E-state index is -0.608. The third-order valence-corrected chi connectivity index (χ3v) is 3.75. The van der Waals surface area contributed by atoms with Crippen molar-refractivity contribution in [2.24, 2.45) is 0 Å². The summed E-state index contributed by atoms with van der Waals surface area (Å²) >= 11 is 6.24. The van der Waals surface area contributed by atoms with Crippen LogP contribution in [0.3, 0.4) is 0 Å². The van der Waals surface area contributed by atoms with Crippen LogP contribution in [-0.4, -0.2) is 18.4 Å². The highest BCUT2D eigenvalue weighted by Gasteiger charge is 2.38. The summed E-state index contributed by atoms with van der Waals surface area (Å²) in [4.78, 5) is 25.5. The molecule has 1 atom stereocenters. The molecule has 1 N–H and O–H groups in total. The molecule has 1 heterocycles. The van der Waals surface area contributed by atoms with Gasteiger partial charge in [0, 0.05) is 19.0 Å². The fourth-order valence-electron chi connectivity index (χ4n) is 2.53. The van der Waals surface area contributed by atoms with Crippen LogP contribution in [0.5, 0.6) is 0 Å². The Morgan fingerprint density at radius 3 is 2.80 bits per heavy atom. The summed E-state index contributed by atoms with van der Waals surface area (Å²) in [5, 5.41) is 3.26. The van der Waals surface area contributed by atoms with E-state index in [1.807, 2.05) is 6.07 Å². The van der Waals surface area contributed by atoms with Crippen LogP contribution in [0.15, 0.2) is 18.2 Å². The molecule has 5 heteroatoms. The highest BCUT2D eigenvalue weighted by Crippen LogP contribution is 2.41. The van der Waals surface area contributed by atoms with E-state index in [1.54, 1.807) is 17.0 Å². The van der Waals surface area contributed by atoms with Crippen LogP contribution < -0.4 is 10.2 Å². The van der Waals surface area contributed by atoms with Gasteiger partial charge in [0.1, 0.15) is 6.04 Å². The fraction of sp³-hybridized carbons (Fsp3) is 0.467. The lowest BCUT2D eigenvalue weighted by Crippen LogP contribution is -2.37. The molecule has 2 rings (SSSR count). The number of para-hydroxylation sites is 1. The van der Waals surface area contributed by atoms with Gasteiger partial charge in [0.15, 0.2) is 0 Å². The van der Waals surface area contributed by atoms with Crippen molar-refractivity contribution in [2.75, 3.05) is 11.4 Å². The molecular formula is C15H19ClN2O2. The van der Waals surface area contributed by atoms with Gasteiger partial charge in [-0.05, 0) is 12.5 Å². The molecule has 4 nitrogen and oxygen atoms in total. The van der Waals surface area contributed by atoms with Gasteiger partial charge in [0.2, 0.25) is 5.91 Å². The number of nitrogens with one attached hydrogen (secondary N) is 1. The highest BCUT2D eigenvalue weighted by atomic mass is 35.5. The van der Waals surface area contributed by atoms with Crippen molar-refractivity contribution >= 4 is 29.1 Å². The Morgan fingerprint density at radius 2 is 2.15 bits per heavy atom. The van der Waals surface area contributed by atoms with Crippen LogP contribution in [-0.2, 0) is 9.59 Å². The molecule has 0 saturated carbocycles. The number of anilines is 1. The predicted octanol–water partition coefficient (Wildman–Crippen LogP) is 3.05. The lowest BCUT2D eigenvalue weighted by molar-refractivity contribution is -0.126. The summed E-state index contributed by atoms with van der Waals surface area (Å²) in [6, 6.07) is 4.82. The molecule has 0 fully saturated rings. The molecule has 1 aromatic rings. The summed E-state index contributed by atoms with van der Waals surface area (Å²) in [6.45, 7) is 4.17. The van der Waals surface area contributed by atoms with Gasteiger partial charge in [-0.3, -0.25) is 9.59 Å². The van der Waals surface area contributed by atoms with Crippen LogP contribution in [0.2, 0.25) is 5.02 Å². The number of hydrogen-bond acceptors (Lipinski definition) is 2. The van der Waals surface area contributed by atoms with E-state index < -0.39 is 6.04 Å². The lowest BCUT2D eigenvalue weighted by Gasteiger charge is -2.18. The Balaban J connectivity index is 2.31. The Hall–Kier alpha value is -1.55. The third-order valence-electron chi connectivity index (χ3n) is 3.44. The molecule has 108 valence electrons. The smallest absolute Gasteiger partial charge is 0.254 e. The zero-order valence-corrected chi connectivity index (χ0v) is 12.5. The van der Waals surface area contributed by atoms with Crippen LogP contribution in [0, 0.1) is 0 Å². The molecule has 0 saturated heterocycles. The molecule has 0 aromatic heterocycles.